The highest BCUT2D eigenvalue weighted by atomic mass is 15.0. The second-order valence-corrected chi connectivity index (χ2v) is 7.32. The zero-order chi connectivity index (χ0) is 17.5. The lowest BCUT2D eigenvalue weighted by Gasteiger charge is -2.21. The third-order valence-electron chi connectivity index (χ3n) is 3.92. The average Bonchev–Trinajstić information content (AvgIpc) is 2.48. The summed E-state index contributed by atoms with van der Waals surface area (Å²) < 4.78 is 0. The lowest BCUT2D eigenvalue weighted by Crippen LogP contribution is -2.40. The highest BCUT2D eigenvalue weighted by Gasteiger charge is 2.08. The van der Waals surface area contributed by atoms with Gasteiger partial charge in [-0.2, -0.15) is 0 Å². The van der Waals surface area contributed by atoms with Gasteiger partial charge < -0.3 is 10.6 Å². The Bertz CT molecular complexity index is 535. The van der Waals surface area contributed by atoms with Gasteiger partial charge in [0.15, 0.2) is 0 Å². The number of aryl methyl sites for hydroxylation is 2. The Morgan fingerprint density at radius 1 is 1.13 bits per heavy atom. The maximum absolute atomic E-state index is 4.21. The summed E-state index contributed by atoms with van der Waals surface area (Å²) in [6.45, 7) is 21.1. The molecule has 1 rings (SSSR count). The van der Waals surface area contributed by atoms with Gasteiger partial charge in [0.25, 0.3) is 0 Å². The van der Waals surface area contributed by atoms with Crippen molar-refractivity contribution in [3.8, 4) is 0 Å². The van der Waals surface area contributed by atoms with E-state index >= 15 is 0 Å². The molecule has 2 heteroatoms. The Morgan fingerprint density at radius 2 is 1.83 bits per heavy atom. The molecule has 0 heterocycles. The molecule has 0 bridgehead atoms. The largest absolute Gasteiger partial charge is 0.388 e. The molecule has 0 fully saturated rings. The molecule has 0 radical (unpaired) electrons. The van der Waals surface area contributed by atoms with Gasteiger partial charge in [0.1, 0.15) is 0 Å². The van der Waals surface area contributed by atoms with Crippen LogP contribution < -0.4 is 10.6 Å². The Hall–Kier alpha value is -1.54. The molecule has 1 aromatic carbocycles. The van der Waals surface area contributed by atoms with Crippen molar-refractivity contribution in [3.05, 3.63) is 53.7 Å². The summed E-state index contributed by atoms with van der Waals surface area (Å²) in [5.41, 5.74) is 6.47. The van der Waals surface area contributed by atoms with E-state index in [1.165, 1.54) is 22.3 Å². The summed E-state index contributed by atoms with van der Waals surface area (Å²) in [6.07, 6.45) is 2.96. The highest BCUT2D eigenvalue weighted by molar-refractivity contribution is 5.66. The minimum Gasteiger partial charge on any atom is -0.388 e. The zero-order valence-corrected chi connectivity index (χ0v) is 15.7. The van der Waals surface area contributed by atoms with E-state index in [-0.39, 0.29) is 5.54 Å². The summed E-state index contributed by atoms with van der Waals surface area (Å²) in [5, 5.41) is 6.89. The molecule has 1 aromatic rings. The highest BCUT2D eigenvalue weighted by Crippen LogP contribution is 2.23. The Labute approximate surface area is 143 Å². The number of rotatable bonds is 9. The van der Waals surface area contributed by atoms with E-state index in [0.29, 0.717) is 0 Å². The summed E-state index contributed by atoms with van der Waals surface area (Å²) in [6, 6.07) is 6.68. The molecule has 0 amide bonds. The van der Waals surface area contributed by atoms with E-state index < -0.39 is 0 Å². The smallest absolute Gasteiger partial charge is 0.0269 e. The molecular formula is C21H34N2. The third-order valence-corrected chi connectivity index (χ3v) is 3.92. The van der Waals surface area contributed by atoms with Crippen molar-refractivity contribution in [2.24, 2.45) is 0 Å². The van der Waals surface area contributed by atoms with Gasteiger partial charge in [0.05, 0.1) is 0 Å². The molecule has 0 aliphatic rings. The first-order valence-corrected chi connectivity index (χ1v) is 8.67. The molecule has 2 nitrogen and oxygen atoms in total. The van der Waals surface area contributed by atoms with Gasteiger partial charge in [-0.3, -0.25) is 0 Å². The molecule has 23 heavy (non-hydrogen) atoms. The first kappa shape index (κ1) is 19.5. The lowest BCUT2D eigenvalue weighted by atomic mass is 9.94. The molecule has 0 spiro atoms. The zero-order valence-electron chi connectivity index (χ0n) is 15.7. The van der Waals surface area contributed by atoms with Crippen molar-refractivity contribution in [2.45, 2.75) is 59.4 Å². The van der Waals surface area contributed by atoms with Crippen LogP contribution in [-0.4, -0.2) is 18.6 Å². The molecular weight excluding hydrogens is 280 g/mol. The molecule has 2 N–H and O–H groups in total. The second kappa shape index (κ2) is 8.93. The van der Waals surface area contributed by atoms with Crippen molar-refractivity contribution >= 4 is 5.57 Å². The van der Waals surface area contributed by atoms with Crippen LogP contribution >= 0.6 is 0 Å². The van der Waals surface area contributed by atoms with Gasteiger partial charge in [0, 0.05) is 24.3 Å². The van der Waals surface area contributed by atoms with Crippen LogP contribution in [0.4, 0.5) is 0 Å². The number of benzene rings is 1. The maximum atomic E-state index is 4.21. The minimum absolute atomic E-state index is 0.167. The Morgan fingerprint density at radius 3 is 2.43 bits per heavy atom. The van der Waals surface area contributed by atoms with Gasteiger partial charge in [-0.05, 0) is 63.7 Å². The van der Waals surface area contributed by atoms with E-state index in [2.05, 4.69) is 76.6 Å². The molecule has 0 aliphatic carbocycles. The fourth-order valence-electron chi connectivity index (χ4n) is 2.48. The molecule has 128 valence electrons. The fraction of sp³-hybridized carbons (Fsp3) is 0.524. The van der Waals surface area contributed by atoms with Crippen LogP contribution in [0.25, 0.3) is 5.57 Å². The molecule has 0 unspecified atom stereocenters. The predicted octanol–water partition coefficient (Wildman–Crippen LogP) is 4.84. The van der Waals surface area contributed by atoms with Crippen LogP contribution in [0.1, 0.15) is 57.2 Å². The van der Waals surface area contributed by atoms with E-state index in [9.17, 15) is 0 Å². The molecule has 0 saturated carbocycles. The van der Waals surface area contributed by atoms with Gasteiger partial charge in [-0.15, -0.1) is 0 Å². The normalized spacial score (nSPS) is 11.3. The summed E-state index contributed by atoms with van der Waals surface area (Å²) in [4.78, 5) is 0. The third kappa shape index (κ3) is 7.51. The monoisotopic (exact) mass is 314 g/mol. The quantitative estimate of drug-likeness (QED) is 0.637. The minimum atomic E-state index is 0.167. The van der Waals surface area contributed by atoms with Crippen LogP contribution in [0.15, 0.2) is 37.1 Å². The van der Waals surface area contributed by atoms with E-state index in [1.807, 2.05) is 0 Å². The van der Waals surface area contributed by atoms with Gasteiger partial charge in [0.2, 0.25) is 0 Å². The summed E-state index contributed by atoms with van der Waals surface area (Å²) >= 11 is 0. The lowest BCUT2D eigenvalue weighted by molar-refractivity contribution is 0.425. The van der Waals surface area contributed by atoms with Crippen molar-refractivity contribution in [3.63, 3.8) is 0 Å². The van der Waals surface area contributed by atoms with Gasteiger partial charge >= 0.3 is 0 Å². The van der Waals surface area contributed by atoms with Crippen LogP contribution in [0.3, 0.4) is 0 Å². The molecule has 0 aromatic heterocycles. The number of hydrogen-bond acceptors (Lipinski definition) is 2. The van der Waals surface area contributed by atoms with Gasteiger partial charge in [-0.25, -0.2) is 0 Å². The van der Waals surface area contributed by atoms with Crippen molar-refractivity contribution in [1.29, 1.82) is 0 Å². The summed E-state index contributed by atoms with van der Waals surface area (Å²) in [5.74, 6) is 0. The van der Waals surface area contributed by atoms with Crippen molar-refractivity contribution in [1.82, 2.24) is 10.6 Å². The maximum Gasteiger partial charge on any atom is 0.0269 e. The predicted molar refractivity (Wildman–Crippen MR) is 104 cm³/mol. The number of nitrogens with one attached hydrogen (secondary N) is 2. The van der Waals surface area contributed by atoms with E-state index in [1.54, 1.807) is 0 Å². The topological polar surface area (TPSA) is 24.1 Å². The van der Waals surface area contributed by atoms with E-state index in [0.717, 1.165) is 38.0 Å². The van der Waals surface area contributed by atoms with Gasteiger partial charge in [-0.1, -0.05) is 43.8 Å². The van der Waals surface area contributed by atoms with E-state index in [4.69, 9.17) is 0 Å². The van der Waals surface area contributed by atoms with Crippen LogP contribution in [-0.2, 0) is 6.42 Å². The Kier molecular flexibility index (Phi) is 7.57. The summed E-state index contributed by atoms with van der Waals surface area (Å²) in [7, 11) is 0. The fourth-order valence-corrected chi connectivity index (χ4v) is 2.48. The average molecular weight is 315 g/mol. The second-order valence-electron chi connectivity index (χ2n) is 7.32. The van der Waals surface area contributed by atoms with Crippen molar-refractivity contribution in [2.75, 3.05) is 13.1 Å². The SMILES string of the molecule is C=C(CCc1ccc(C)cc1C(=C)CC)NCCNC(C)(C)C. The van der Waals surface area contributed by atoms with Crippen LogP contribution in [0.2, 0.25) is 0 Å². The number of hydrogen-bond donors (Lipinski definition) is 2. The number of allylic oxidation sites excluding steroid dienone is 2. The Balaban J connectivity index is 2.48. The molecule has 0 saturated heterocycles. The first-order chi connectivity index (χ1) is 10.7. The van der Waals surface area contributed by atoms with Crippen LogP contribution in [0, 0.1) is 6.92 Å². The molecule has 0 aliphatic heterocycles. The molecule has 0 atom stereocenters. The van der Waals surface area contributed by atoms with Crippen molar-refractivity contribution < 1.29 is 0 Å². The first-order valence-electron chi connectivity index (χ1n) is 8.67. The van der Waals surface area contributed by atoms with Crippen LogP contribution in [0.5, 0.6) is 0 Å². The standard InChI is InChI=1S/C21H34N2/c1-8-17(3)20-15-16(2)9-11-19(20)12-10-18(4)22-13-14-23-21(5,6)7/h9,11,15,22-23H,3-4,8,10,12-14H2,1-2,5-7H3.